The van der Waals surface area contributed by atoms with Crippen molar-refractivity contribution in [1.82, 2.24) is 19.7 Å². The van der Waals surface area contributed by atoms with Gasteiger partial charge in [0.2, 0.25) is 5.91 Å². The van der Waals surface area contributed by atoms with Gasteiger partial charge in [-0.15, -0.1) is 21.5 Å². The molecule has 1 N–H and O–H groups in total. The van der Waals surface area contributed by atoms with Gasteiger partial charge in [0.25, 0.3) is 0 Å². The van der Waals surface area contributed by atoms with E-state index < -0.39 is 0 Å². The standard InChI is InChI=1S/C16H12FN5OS3/c1-22-14(11-3-2-6-24-11)20-21-16(22)25-8-13(23)19-15-18-10-5-4-9(17)7-12(10)26-15/h2-7H,8H2,1H3,(H,18,19,23). The maximum atomic E-state index is 13.2. The SMILES string of the molecule is Cn1c(SCC(=O)Nc2nc3ccc(F)cc3s2)nnc1-c1cccs1. The summed E-state index contributed by atoms with van der Waals surface area (Å²) in [4.78, 5) is 17.5. The number of hydrogen-bond donors (Lipinski definition) is 1. The van der Waals surface area contributed by atoms with E-state index in [1.54, 1.807) is 17.4 Å². The van der Waals surface area contributed by atoms with Crippen molar-refractivity contribution in [3.63, 3.8) is 0 Å². The molecule has 132 valence electrons. The molecule has 1 aromatic carbocycles. The number of nitrogens with zero attached hydrogens (tertiary/aromatic N) is 4. The lowest BCUT2D eigenvalue weighted by molar-refractivity contribution is -0.113. The van der Waals surface area contributed by atoms with E-state index in [0.717, 1.165) is 10.7 Å². The molecule has 0 saturated heterocycles. The first-order valence-electron chi connectivity index (χ1n) is 7.52. The lowest BCUT2D eigenvalue weighted by Crippen LogP contribution is -2.14. The van der Waals surface area contributed by atoms with E-state index in [1.807, 2.05) is 29.1 Å². The number of aromatic nitrogens is 4. The van der Waals surface area contributed by atoms with Crippen LogP contribution in [0.5, 0.6) is 0 Å². The second-order valence-corrected chi connectivity index (χ2v) is 8.23. The van der Waals surface area contributed by atoms with Crippen LogP contribution in [0.1, 0.15) is 0 Å². The number of amides is 1. The van der Waals surface area contributed by atoms with E-state index in [4.69, 9.17) is 0 Å². The van der Waals surface area contributed by atoms with Gasteiger partial charge in [0.15, 0.2) is 16.1 Å². The lowest BCUT2D eigenvalue weighted by atomic mass is 10.3. The minimum absolute atomic E-state index is 0.181. The highest BCUT2D eigenvalue weighted by Gasteiger charge is 2.14. The Balaban J connectivity index is 1.41. The van der Waals surface area contributed by atoms with Crippen molar-refractivity contribution in [1.29, 1.82) is 0 Å². The van der Waals surface area contributed by atoms with Gasteiger partial charge in [-0.3, -0.25) is 4.79 Å². The fourth-order valence-corrected chi connectivity index (χ4v) is 4.66. The molecule has 0 aliphatic carbocycles. The zero-order valence-electron chi connectivity index (χ0n) is 13.5. The molecule has 0 saturated carbocycles. The predicted octanol–water partition coefficient (Wildman–Crippen LogP) is 4.02. The molecule has 3 aromatic heterocycles. The Morgan fingerprint density at radius 1 is 1.35 bits per heavy atom. The first-order valence-corrected chi connectivity index (χ1v) is 10.2. The van der Waals surface area contributed by atoms with Crippen LogP contribution < -0.4 is 5.32 Å². The average molecular weight is 406 g/mol. The largest absolute Gasteiger partial charge is 0.304 e. The number of fused-ring (bicyclic) bond motifs is 1. The fourth-order valence-electron chi connectivity index (χ4n) is 2.30. The third-order valence-corrected chi connectivity index (χ3v) is 6.33. The number of hydrogen-bond acceptors (Lipinski definition) is 7. The van der Waals surface area contributed by atoms with E-state index in [-0.39, 0.29) is 17.5 Å². The number of halogens is 1. The van der Waals surface area contributed by atoms with Crippen LogP contribution in [-0.4, -0.2) is 31.4 Å². The Labute approximate surface area is 160 Å². The van der Waals surface area contributed by atoms with Crippen LogP contribution in [0, 0.1) is 5.82 Å². The molecule has 4 rings (SSSR count). The highest BCUT2D eigenvalue weighted by atomic mass is 32.2. The number of thiazole rings is 1. The van der Waals surface area contributed by atoms with Gasteiger partial charge in [-0.2, -0.15) is 0 Å². The summed E-state index contributed by atoms with van der Waals surface area (Å²) in [5, 5.41) is 14.2. The molecule has 6 nitrogen and oxygen atoms in total. The summed E-state index contributed by atoms with van der Waals surface area (Å²) in [5.41, 5.74) is 0.660. The molecule has 0 aliphatic heterocycles. The van der Waals surface area contributed by atoms with E-state index in [2.05, 4.69) is 20.5 Å². The minimum Gasteiger partial charge on any atom is -0.304 e. The summed E-state index contributed by atoms with van der Waals surface area (Å²) in [5.74, 6) is 0.436. The van der Waals surface area contributed by atoms with Crippen molar-refractivity contribution in [3.05, 3.63) is 41.5 Å². The van der Waals surface area contributed by atoms with Crippen molar-refractivity contribution in [2.75, 3.05) is 11.1 Å². The zero-order chi connectivity index (χ0) is 18.1. The second-order valence-electron chi connectivity index (χ2n) is 5.31. The van der Waals surface area contributed by atoms with Gasteiger partial charge in [-0.1, -0.05) is 29.2 Å². The number of thioether (sulfide) groups is 1. The second kappa shape index (κ2) is 7.14. The Morgan fingerprint density at radius 3 is 3.04 bits per heavy atom. The third kappa shape index (κ3) is 3.48. The molecule has 0 bridgehead atoms. The Bertz CT molecular complexity index is 1070. The van der Waals surface area contributed by atoms with Crippen LogP contribution in [0.3, 0.4) is 0 Å². The van der Waals surface area contributed by atoms with Crippen LogP contribution in [0.25, 0.3) is 20.9 Å². The molecule has 0 fully saturated rings. The molecule has 0 spiro atoms. The maximum Gasteiger partial charge on any atom is 0.236 e. The summed E-state index contributed by atoms with van der Waals surface area (Å²) >= 11 is 4.13. The lowest BCUT2D eigenvalue weighted by Gasteiger charge is -2.02. The Morgan fingerprint density at radius 2 is 2.23 bits per heavy atom. The maximum absolute atomic E-state index is 13.2. The Hall–Kier alpha value is -2.30. The minimum atomic E-state index is -0.321. The molecule has 4 aromatic rings. The molecular weight excluding hydrogens is 393 g/mol. The van der Waals surface area contributed by atoms with Crippen molar-refractivity contribution >= 4 is 55.7 Å². The smallest absolute Gasteiger partial charge is 0.236 e. The molecule has 26 heavy (non-hydrogen) atoms. The predicted molar refractivity (Wildman–Crippen MR) is 103 cm³/mol. The van der Waals surface area contributed by atoms with Gasteiger partial charge in [-0.05, 0) is 29.6 Å². The number of carbonyl (C=O) groups is 1. The average Bonchev–Trinajstić information content (AvgIpc) is 3.32. The summed E-state index contributed by atoms with van der Waals surface area (Å²) in [6, 6.07) is 8.29. The third-order valence-electron chi connectivity index (χ3n) is 3.51. The molecule has 10 heteroatoms. The summed E-state index contributed by atoms with van der Waals surface area (Å²) in [7, 11) is 1.87. The normalized spacial score (nSPS) is 11.2. The summed E-state index contributed by atoms with van der Waals surface area (Å²) in [6.45, 7) is 0. The van der Waals surface area contributed by atoms with Crippen molar-refractivity contribution in [2.45, 2.75) is 5.16 Å². The van der Waals surface area contributed by atoms with Crippen LogP contribution in [0.2, 0.25) is 0 Å². The van der Waals surface area contributed by atoms with E-state index >= 15 is 0 Å². The summed E-state index contributed by atoms with van der Waals surface area (Å²) in [6.07, 6.45) is 0. The number of rotatable bonds is 5. The monoisotopic (exact) mass is 405 g/mol. The van der Waals surface area contributed by atoms with Gasteiger partial charge in [0.1, 0.15) is 5.82 Å². The molecular formula is C16H12FN5OS3. The van der Waals surface area contributed by atoms with Crippen LogP contribution in [0.15, 0.2) is 40.9 Å². The molecule has 0 aliphatic rings. The van der Waals surface area contributed by atoms with Gasteiger partial charge >= 0.3 is 0 Å². The van der Waals surface area contributed by atoms with Crippen LogP contribution >= 0.6 is 34.4 Å². The van der Waals surface area contributed by atoms with Gasteiger partial charge in [-0.25, -0.2) is 9.37 Å². The van der Waals surface area contributed by atoms with E-state index in [0.29, 0.717) is 20.5 Å². The van der Waals surface area contributed by atoms with Crippen molar-refractivity contribution < 1.29 is 9.18 Å². The Kier molecular flexibility index (Phi) is 4.70. The number of thiophene rings is 1. The van der Waals surface area contributed by atoms with Gasteiger partial charge < -0.3 is 9.88 Å². The molecule has 0 unspecified atom stereocenters. The van der Waals surface area contributed by atoms with Crippen molar-refractivity contribution in [3.8, 4) is 10.7 Å². The van der Waals surface area contributed by atoms with E-state index in [1.165, 1.54) is 35.2 Å². The molecule has 3 heterocycles. The highest BCUT2D eigenvalue weighted by Crippen LogP contribution is 2.28. The number of nitrogens with one attached hydrogen (secondary N) is 1. The topological polar surface area (TPSA) is 72.7 Å². The van der Waals surface area contributed by atoms with Crippen LogP contribution in [0.4, 0.5) is 9.52 Å². The zero-order valence-corrected chi connectivity index (χ0v) is 15.9. The molecule has 0 atom stereocenters. The van der Waals surface area contributed by atoms with E-state index in [9.17, 15) is 9.18 Å². The quantitative estimate of drug-likeness (QED) is 0.508. The number of benzene rings is 1. The molecule has 1 amide bonds. The highest BCUT2D eigenvalue weighted by molar-refractivity contribution is 7.99. The van der Waals surface area contributed by atoms with Crippen LogP contribution in [-0.2, 0) is 11.8 Å². The van der Waals surface area contributed by atoms with Crippen molar-refractivity contribution in [2.24, 2.45) is 7.05 Å². The van der Waals surface area contributed by atoms with Gasteiger partial charge in [0.05, 0.1) is 20.8 Å². The van der Waals surface area contributed by atoms with Gasteiger partial charge in [0, 0.05) is 7.05 Å². The first-order chi connectivity index (χ1) is 12.6. The summed E-state index contributed by atoms with van der Waals surface area (Å²) < 4.78 is 15.8. The first kappa shape index (κ1) is 17.1. The fraction of sp³-hybridized carbons (Fsp3) is 0.125. The number of carbonyl (C=O) groups excluding carboxylic acids is 1. The molecule has 0 radical (unpaired) electrons. The number of anilines is 1.